The van der Waals surface area contributed by atoms with Crippen LogP contribution in [-0.4, -0.2) is 28.0 Å². The van der Waals surface area contributed by atoms with Crippen molar-refractivity contribution in [1.82, 2.24) is 0 Å². The molecule has 0 nitrogen and oxygen atoms in total. The van der Waals surface area contributed by atoms with Crippen LogP contribution in [0.3, 0.4) is 0 Å². The van der Waals surface area contributed by atoms with E-state index in [9.17, 15) is 17.6 Å². The van der Waals surface area contributed by atoms with E-state index in [0.717, 1.165) is 0 Å². The summed E-state index contributed by atoms with van der Waals surface area (Å²) in [5.41, 5.74) is 3.27. The van der Waals surface area contributed by atoms with Crippen LogP contribution >= 0.6 is 7.92 Å². The van der Waals surface area contributed by atoms with Gasteiger partial charge in [0.05, 0.1) is 0 Å². The van der Waals surface area contributed by atoms with Crippen LogP contribution in [0.2, 0.25) is 11.4 Å². The maximum atomic E-state index is 13.6. The van der Waals surface area contributed by atoms with Gasteiger partial charge in [0.25, 0.3) is 0 Å². The molecule has 0 bridgehead atoms. The van der Waals surface area contributed by atoms with Crippen LogP contribution in [0.4, 0.5) is 17.6 Å². The van der Waals surface area contributed by atoms with Gasteiger partial charge in [0.1, 0.15) is 0 Å². The zero-order chi connectivity index (χ0) is 12.6. The van der Waals surface area contributed by atoms with Gasteiger partial charge in [-0.25, -0.2) is 0 Å². The standard InChI is InChI=1S/C10H12AsF4P/c1-11(2)5-6(12)8(14)10(16(3)4)9(15)7(5)13/h1-4H3. The van der Waals surface area contributed by atoms with Crippen LogP contribution in [-0.2, 0) is 0 Å². The van der Waals surface area contributed by atoms with Crippen molar-refractivity contribution >= 4 is 32.2 Å². The first kappa shape index (κ1) is 14.0. The Morgan fingerprint density at radius 3 is 1.44 bits per heavy atom. The SMILES string of the molecule is CP(C)c1c(F)c(F)c([As](C)C)c(F)c1F. The summed E-state index contributed by atoms with van der Waals surface area (Å²) >= 11 is -2.01. The third-order valence-electron chi connectivity index (χ3n) is 2.11. The maximum absolute atomic E-state index is 13.6. The summed E-state index contributed by atoms with van der Waals surface area (Å²) in [4.78, 5) is 0. The Morgan fingerprint density at radius 1 is 0.812 bits per heavy atom. The van der Waals surface area contributed by atoms with Crippen molar-refractivity contribution in [2.45, 2.75) is 11.4 Å². The van der Waals surface area contributed by atoms with E-state index in [4.69, 9.17) is 0 Å². The van der Waals surface area contributed by atoms with Crippen LogP contribution in [0, 0.1) is 23.3 Å². The van der Waals surface area contributed by atoms with Gasteiger partial charge in [0.2, 0.25) is 0 Å². The molecule has 0 N–H and O–H groups in total. The van der Waals surface area contributed by atoms with Crippen molar-refractivity contribution in [1.29, 1.82) is 0 Å². The Balaban J connectivity index is 3.63. The topological polar surface area (TPSA) is 0 Å². The van der Waals surface area contributed by atoms with E-state index in [1.165, 1.54) is 0 Å². The molecule has 0 saturated heterocycles. The number of benzene rings is 1. The molecule has 0 saturated carbocycles. The predicted octanol–water partition coefficient (Wildman–Crippen LogP) is 2.57. The molecular weight excluding hydrogens is 302 g/mol. The van der Waals surface area contributed by atoms with Gasteiger partial charge in [-0.1, -0.05) is 0 Å². The number of rotatable bonds is 2. The fourth-order valence-corrected chi connectivity index (χ4v) is 4.43. The molecule has 0 aromatic heterocycles. The van der Waals surface area contributed by atoms with Crippen LogP contribution in [0.5, 0.6) is 0 Å². The Labute approximate surface area is 98.1 Å². The second-order valence-corrected chi connectivity index (χ2v) is 10.7. The van der Waals surface area contributed by atoms with Gasteiger partial charge in [0, 0.05) is 0 Å². The molecule has 0 aliphatic rings. The van der Waals surface area contributed by atoms with Crippen molar-refractivity contribution in [2.75, 3.05) is 13.3 Å². The van der Waals surface area contributed by atoms with Gasteiger partial charge in [-0.3, -0.25) is 0 Å². The zero-order valence-electron chi connectivity index (χ0n) is 9.41. The molecule has 0 fully saturated rings. The molecule has 1 rings (SSSR count). The van der Waals surface area contributed by atoms with Gasteiger partial charge in [-0.05, 0) is 0 Å². The van der Waals surface area contributed by atoms with Crippen molar-refractivity contribution in [3.8, 4) is 0 Å². The van der Waals surface area contributed by atoms with Crippen molar-refractivity contribution < 1.29 is 17.6 Å². The first-order valence-corrected chi connectivity index (χ1v) is 11.4. The molecule has 0 spiro atoms. The third-order valence-corrected chi connectivity index (χ3v) is 6.10. The molecule has 6 heteroatoms. The van der Waals surface area contributed by atoms with Gasteiger partial charge in [-0.15, -0.1) is 0 Å². The molecule has 0 aliphatic heterocycles. The molecule has 90 valence electrons. The minimum absolute atomic E-state index is 0.372. The van der Waals surface area contributed by atoms with E-state index in [1.807, 2.05) is 0 Å². The summed E-state index contributed by atoms with van der Waals surface area (Å²) < 4.78 is 53.9. The summed E-state index contributed by atoms with van der Waals surface area (Å²) in [6.07, 6.45) is 0. The van der Waals surface area contributed by atoms with E-state index in [2.05, 4.69) is 0 Å². The molecule has 1 aromatic carbocycles. The number of halogens is 4. The summed E-state index contributed by atoms with van der Waals surface area (Å²) in [7, 11) is -1.22. The molecule has 1 aromatic rings. The number of hydrogen-bond donors (Lipinski definition) is 0. The van der Waals surface area contributed by atoms with E-state index < -0.39 is 51.1 Å². The number of hydrogen-bond acceptors (Lipinski definition) is 0. The molecule has 0 radical (unpaired) electrons. The average Bonchev–Trinajstić information content (AvgIpc) is 2.14. The summed E-state index contributed by atoms with van der Waals surface area (Å²) in [5.74, 6) is -4.83. The second-order valence-electron chi connectivity index (χ2n) is 3.74. The molecule has 16 heavy (non-hydrogen) atoms. The van der Waals surface area contributed by atoms with Gasteiger partial charge < -0.3 is 0 Å². The molecule has 0 atom stereocenters. The fourth-order valence-electron chi connectivity index (χ4n) is 1.39. The Morgan fingerprint density at radius 2 is 1.19 bits per heavy atom. The summed E-state index contributed by atoms with van der Waals surface area (Å²) in [5, 5.41) is -0.440. The summed E-state index contributed by atoms with van der Waals surface area (Å²) in [6, 6.07) is 0. The van der Waals surface area contributed by atoms with Gasteiger partial charge in [0.15, 0.2) is 0 Å². The monoisotopic (exact) mass is 314 g/mol. The van der Waals surface area contributed by atoms with Crippen molar-refractivity contribution in [3.63, 3.8) is 0 Å². The predicted molar refractivity (Wildman–Crippen MR) is 61.8 cm³/mol. The molecule has 0 heterocycles. The molecular formula is C10H12AsF4P. The molecule has 0 aliphatic carbocycles. The Bertz CT molecular complexity index is 350. The minimum atomic E-state index is -2.01. The Hall–Kier alpha value is -0.0716. The second kappa shape index (κ2) is 5.06. The van der Waals surface area contributed by atoms with E-state index in [0.29, 0.717) is 0 Å². The van der Waals surface area contributed by atoms with Crippen LogP contribution in [0.15, 0.2) is 0 Å². The fraction of sp³-hybridized carbons (Fsp3) is 0.400. The molecule has 0 unspecified atom stereocenters. The quantitative estimate of drug-likeness (QED) is 0.341. The van der Waals surface area contributed by atoms with Gasteiger partial charge >= 0.3 is 97.8 Å². The first-order valence-electron chi connectivity index (χ1n) is 4.49. The normalized spacial score (nSPS) is 11.6. The van der Waals surface area contributed by atoms with Crippen LogP contribution in [0.25, 0.3) is 0 Å². The van der Waals surface area contributed by atoms with E-state index in [-0.39, 0.29) is 4.35 Å². The first-order chi connectivity index (χ1) is 7.29. The average molecular weight is 314 g/mol. The van der Waals surface area contributed by atoms with Gasteiger partial charge in [-0.2, -0.15) is 0 Å². The zero-order valence-corrected chi connectivity index (χ0v) is 12.2. The Kier molecular flexibility index (Phi) is 4.42. The van der Waals surface area contributed by atoms with E-state index >= 15 is 0 Å². The molecule has 0 amide bonds. The van der Waals surface area contributed by atoms with Crippen molar-refractivity contribution in [3.05, 3.63) is 23.3 Å². The van der Waals surface area contributed by atoms with E-state index in [1.54, 1.807) is 24.8 Å². The third kappa shape index (κ3) is 2.28. The summed E-state index contributed by atoms with van der Waals surface area (Å²) in [6.45, 7) is 3.12. The van der Waals surface area contributed by atoms with Crippen LogP contribution < -0.4 is 9.66 Å². The van der Waals surface area contributed by atoms with Crippen LogP contribution in [0.1, 0.15) is 0 Å². The van der Waals surface area contributed by atoms with Crippen molar-refractivity contribution in [2.24, 2.45) is 0 Å².